The van der Waals surface area contributed by atoms with Gasteiger partial charge in [-0.3, -0.25) is 24.5 Å². The summed E-state index contributed by atoms with van der Waals surface area (Å²) in [6.45, 7) is 15.8. The van der Waals surface area contributed by atoms with Crippen LogP contribution in [0.2, 0.25) is 0 Å². The maximum absolute atomic E-state index is 13.8. The van der Waals surface area contributed by atoms with Crippen LogP contribution >= 0.6 is 11.3 Å². The van der Waals surface area contributed by atoms with Crippen LogP contribution in [0.4, 0.5) is 0 Å². The van der Waals surface area contributed by atoms with E-state index in [1.165, 1.54) is 21.9 Å². The molecule has 0 saturated carbocycles. The second kappa shape index (κ2) is 17.1. The Balaban J connectivity index is 1.29. The molecular formula is C44H59N7O6S. The highest BCUT2D eigenvalue weighted by Gasteiger charge is 2.38. The van der Waals surface area contributed by atoms with E-state index >= 15 is 0 Å². The van der Waals surface area contributed by atoms with Gasteiger partial charge in [-0.25, -0.2) is 10.4 Å². The Labute approximate surface area is 345 Å². The number of nitrogens with zero attached hydrogens (tertiary/aromatic N) is 5. The van der Waals surface area contributed by atoms with Gasteiger partial charge in [0, 0.05) is 78.4 Å². The molecule has 4 aliphatic heterocycles. The molecule has 0 aliphatic carbocycles. The molecule has 312 valence electrons. The number of amides is 1. The second-order valence-electron chi connectivity index (χ2n) is 17.1. The van der Waals surface area contributed by atoms with Gasteiger partial charge in [0.1, 0.15) is 23.2 Å². The zero-order valence-corrected chi connectivity index (χ0v) is 35.6. The number of morpholine rings is 1. The van der Waals surface area contributed by atoms with Crippen molar-refractivity contribution in [1.82, 2.24) is 29.9 Å². The van der Waals surface area contributed by atoms with E-state index in [2.05, 4.69) is 73.1 Å². The monoisotopic (exact) mass is 813 g/mol. The molecule has 13 nitrogen and oxygen atoms in total. The van der Waals surface area contributed by atoms with E-state index in [0.717, 1.165) is 90.4 Å². The van der Waals surface area contributed by atoms with Crippen molar-refractivity contribution in [1.29, 1.82) is 0 Å². The molecule has 1 aromatic carbocycles. The summed E-state index contributed by atoms with van der Waals surface area (Å²) in [5.74, 6) is -0.361. The van der Waals surface area contributed by atoms with Crippen molar-refractivity contribution >= 4 is 34.1 Å². The van der Waals surface area contributed by atoms with Gasteiger partial charge >= 0.3 is 5.97 Å². The molecule has 6 bridgehead atoms. The molecule has 58 heavy (non-hydrogen) atoms. The van der Waals surface area contributed by atoms with Crippen LogP contribution < -0.4 is 11.2 Å². The Hall–Kier alpha value is -3.76. The summed E-state index contributed by atoms with van der Waals surface area (Å²) in [5, 5.41) is 5.22. The van der Waals surface area contributed by atoms with Gasteiger partial charge < -0.3 is 29.2 Å². The fourth-order valence-electron chi connectivity index (χ4n) is 9.39. The van der Waals surface area contributed by atoms with Crippen molar-refractivity contribution in [3.63, 3.8) is 0 Å². The predicted molar refractivity (Wildman–Crippen MR) is 224 cm³/mol. The molecule has 3 fully saturated rings. The summed E-state index contributed by atoms with van der Waals surface area (Å²) in [6, 6.07) is 7.65. The van der Waals surface area contributed by atoms with Crippen LogP contribution in [0.3, 0.4) is 0 Å². The number of cyclic esters (lactones) is 1. The number of nitrogens with two attached hydrogens (primary N) is 1. The van der Waals surface area contributed by atoms with E-state index < -0.39 is 23.6 Å². The zero-order valence-electron chi connectivity index (χ0n) is 34.8. The van der Waals surface area contributed by atoms with E-state index in [9.17, 15) is 9.59 Å². The molecule has 0 unspecified atom stereocenters. The standard InChI is InChI=1S/C44H59N7O6S/c1-7-50-36-12-11-28-19-31(36)33(39(50)32-20-29(22-46-38(32)26(3)54-6)27-13-15-49-16-17-55-23-30(49)18-27)21-44(4,5)25-57-43(53)34-10-9-14-51(48-34)42(52)37(45)40(56-8-2)41-47-35(28)24-58-41/h11-12,19-20,22,24,26-27,30,34,37,40,48H,7-10,13-18,21,23,25,45H2,1-6H3/t26-,27+,30-,34-,37-,40-/m0/s1. The lowest BCUT2D eigenvalue weighted by atomic mass is 9.82. The number of rotatable bonds is 7. The van der Waals surface area contributed by atoms with Gasteiger partial charge in [-0.1, -0.05) is 19.9 Å². The minimum Gasteiger partial charge on any atom is -0.464 e. The van der Waals surface area contributed by atoms with Crippen LogP contribution in [-0.2, 0) is 41.5 Å². The average Bonchev–Trinajstić information content (AvgIpc) is 3.86. The Morgan fingerprint density at radius 1 is 1.14 bits per heavy atom. The number of hydrazine groups is 1. The summed E-state index contributed by atoms with van der Waals surface area (Å²) in [6.07, 6.45) is 5.00. The van der Waals surface area contributed by atoms with E-state index in [1.54, 1.807) is 7.11 Å². The largest absolute Gasteiger partial charge is 0.464 e. The van der Waals surface area contributed by atoms with Gasteiger partial charge in [0.2, 0.25) is 0 Å². The Morgan fingerprint density at radius 2 is 1.98 bits per heavy atom. The lowest BCUT2D eigenvalue weighted by Gasteiger charge is -2.42. The molecule has 14 heteroatoms. The van der Waals surface area contributed by atoms with Crippen molar-refractivity contribution < 1.29 is 28.5 Å². The normalized spacial score (nSPS) is 26.3. The number of benzene rings is 1. The number of aryl methyl sites for hydroxylation is 1. The number of fused-ring (bicyclic) bond motifs is 7. The number of carbonyl (C=O) groups excluding carboxylic acids is 2. The first kappa shape index (κ1) is 41.0. The average molecular weight is 814 g/mol. The maximum atomic E-state index is 13.8. The maximum Gasteiger partial charge on any atom is 0.324 e. The molecule has 0 spiro atoms. The number of hydrogen-bond acceptors (Lipinski definition) is 12. The van der Waals surface area contributed by atoms with Crippen LogP contribution in [-0.4, -0.2) is 108 Å². The predicted octanol–water partition coefficient (Wildman–Crippen LogP) is 6.16. The number of hydrogen-bond donors (Lipinski definition) is 2. The Morgan fingerprint density at radius 3 is 2.78 bits per heavy atom. The molecule has 3 saturated heterocycles. The first-order valence-corrected chi connectivity index (χ1v) is 21.9. The molecule has 8 rings (SSSR count). The van der Waals surface area contributed by atoms with Gasteiger partial charge in [-0.05, 0) is 94.7 Å². The number of pyridine rings is 1. The van der Waals surface area contributed by atoms with E-state index in [1.807, 2.05) is 12.3 Å². The van der Waals surface area contributed by atoms with Crippen LogP contribution in [0.25, 0.3) is 33.4 Å². The number of nitrogens with one attached hydrogen (secondary N) is 1. The number of methoxy groups -OCH3 is 1. The fraction of sp³-hybridized carbons (Fsp3) is 0.591. The molecule has 3 N–H and O–H groups in total. The highest BCUT2D eigenvalue weighted by Crippen LogP contribution is 2.44. The third-order valence-corrected chi connectivity index (χ3v) is 13.5. The van der Waals surface area contributed by atoms with Crippen LogP contribution in [0.1, 0.15) is 100 Å². The Kier molecular flexibility index (Phi) is 12.1. The van der Waals surface area contributed by atoms with E-state index in [4.69, 9.17) is 34.6 Å². The van der Waals surface area contributed by atoms with Crippen molar-refractivity contribution in [3.8, 4) is 22.5 Å². The summed E-state index contributed by atoms with van der Waals surface area (Å²) in [5.41, 5.74) is 17.7. The Bertz CT molecular complexity index is 2130. The molecule has 7 heterocycles. The molecular weight excluding hydrogens is 755 g/mol. The van der Waals surface area contributed by atoms with Gasteiger partial charge in [0.25, 0.3) is 5.91 Å². The first-order chi connectivity index (χ1) is 28.0. The zero-order chi connectivity index (χ0) is 40.7. The molecule has 0 radical (unpaired) electrons. The minimum atomic E-state index is -1.02. The molecule has 3 aromatic heterocycles. The third-order valence-electron chi connectivity index (χ3n) is 12.6. The number of carbonyl (C=O) groups is 2. The first-order valence-electron chi connectivity index (χ1n) is 21.1. The van der Waals surface area contributed by atoms with Gasteiger partial charge in [0.05, 0.1) is 43.0 Å². The summed E-state index contributed by atoms with van der Waals surface area (Å²) in [7, 11) is 1.74. The molecule has 1 amide bonds. The van der Waals surface area contributed by atoms with E-state index in [-0.39, 0.29) is 24.6 Å². The lowest BCUT2D eigenvalue weighted by Crippen LogP contribution is -2.60. The van der Waals surface area contributed by atoms with E-state index in [0.29, 0.717) is 49.4 Å². The van der Waals surface area contributed by atoms with Gasteiger partial charge in [-0.15, -0.1) is 11.3 Å². The number of esters is 1. The minimum absolute atomic E-state index is 0.193. The number of ether oxygens (including phenoxy) is 4. The van der Waals surface area contributed by atoms with Crippen LogP contribution in [0.15, 0.2) is 35.8 Å². The van der Waals surface area contributed by atoms with Crippen molar-refractivity contribution in [2.75, 3.05) is 53.2 Å². The fourth-order valence-corrected chi connectivity index (χ4v) is 10.3. The van der Waals surface area contributed by atoms with Gasteiger partial charge in [-0.2, -0.15) is 0 Å². The number of aromatic nitrogens is 3. The summed E-state index contributed by atoms with van der Waals surface area (Å²) in [4.78, 5) is 40.4. The molecule has 4 aromatic rings. The van der Waals surface area contributed by atoms with Crippen LogP contribution in [0.5, 0.6) is 0 Å². The van der Waals surface area contributed by atoms with Crippen LogP contribution in [0, 0.1) is 5.41 Å². The smallest absolute Gasteiger partial charge is 0.324 e. The van der Waals surface area contributed by atoms with Gasteiger partial charge in [0.15, 0.2) is 0 Å². The SMILES string of the molecule is CCO[C@@H]1c2nc(cs2)-c2ccc3c(c2)c(c(-c2cc([C@@H]4CCN5CCOC[C@@H]5C4)cnc2[C@H](C)OC)n3CC)CC(C)(C)COC(=O)[C@@H]2CCCN(N2)C(=O)[C@H]1N. The van der Waals surface area contributed by atoms with Crippen molar-refractivity contribution in [2.45, 2.75) is 110 Å². The number of thiazole rings is 1. The highest BCUT2D eigenvalue weighted by molar-refractivity contribution is 7.10. The second-order valence-corrected chi connectivity index (χ2v) is 18.0. The molecule has 4 aliphatic rings. The topological polar surface area (TPSA) is 146 Å². The van der Waals surface area contributed by atoms with Crippen molar-refractivity contribution in [2.24, 2.45) is 11.1 Å². The summed E-state index contributed by atoms with van der Waals surface area (Å²) < 4.78 is 26.6. The third kappa shape index (κ3) is 7.96. The lowest BCUT2D eigenvalue weighted by molar-refractivity contribution is -0.155. The summed E-state index contributed by atoms with van der Waals surface area (Å²) >= 11 is 1.44. The molecule has 6 atom stereocenters. The quantitative estimate of drug-likeness (QED) is 0.207. The number of piperidine rings is 1. The highest BCUT2D eigenvalue weighted by atomic mass is 32.1. The van der Waals surface area contributed by atoms with Crippen molar-refractivity contribution in [3.05, 3.63) is 57.7 Å².